The van der Waals surface area contributed by atoms with Gasteiger partial charge >= 0.3 is 6.18 Å². The number of halogens is 3. The van der Waals surface area contributed by atoms with Crippen LogP contribution >= 0.6 is 0 Å². The van der Waals surface area contributed by atoms with Crippen molar-refractivity contribution in [3.8, 4) is 0 Å². The van der Waals surface area contributed by atoms with E-state index in [2.05, 4.69) is 5.32 Å². The molecule has 1 aromatic carbocycles. The number of nitrogens with two attached hydrogens (primary N) is 1. The summed E-state index contributed by atoms with van der Waals surface area (Å²) < 4.78 is 37.4. The monoisotopic (exact) mass is 232 g/mol. The van der Waals surface area contributed by atoms with Crippen molar-refractivity contribution < 1.29 is 18.3 Å². The molecule has 1 aliphatic rings. The molecular formula is C10H11F3N2O. The zero-order valence-electron chi connectivity index (χ0n) is 8.25. The number of anilines is 1. The van der Waals surface area contributed by atoms with Crippen molar-refractivity contribution in [1.82, 2.24) is 0 Å². The number of aliphatic hydroxyl groups excluding tert-OH is 1. The van der Waals surface area contributed by atoms with E-state index in [0.717, 1.165) is 12.1 Å². The van der Waals surface area contributed by atoms with Crippen LogP contribution in [0.25, 0.3) is 0 Å². The topological polar surface area (TPSA) is 58.3 Å². The molecule has 4 N–H and O–H groups in total. The average molecular weight is 232 g/mol. The predicted octanol–water partition coefficient (Wildman–Crippen LogP) is 1.84. The molecule has 1 heterocycles. The van der Waals surface area contributed by atoms with Gasteiger partial charge in [-0.05, 0) is 23.8 Å². The molecule has 0 bridgehead atoms. The summed E-state index contributed by atoms with van der Waals surface area (Å²) in [7, 11) is 0. The lowest BCUT2D eigenvalue weighted by atomic mass is 9.95. The van der Waals surface area contributed by atoms with Crippen molar-refractivity contribution in [3.05, 3.63) is 29.3 Å². The van der Waals surface area contributed by atoms with Gasteiger partial charge in [-0.3, -0.25) is 0 Å². The van der Waals surface area contributed by atoms with E-state index in [1.807, 2.05) is 0 Å². The Morgan fingerprint density at radius 1 is 1.38 bits per heavy atom. The molecular weight excluding hydrogens is 221 g/mol. The summed E-state index contributed by atoms with van der Waals surface area (Å²) in [6.45, 7) is 0. The van der Waals surface area contributed by atoms with Crippen LogP contribution in [0.4, 0.5) is 18.9 Å². The van der Waals surface area contributed by atoms with E-state index in [0.29, 0.717) is 11.3 Å². The molecule has 6 heteroatoms. The fourth-order valence-corrected chi connectivity index (χ4v) is 1.78. The second-order valence-electron chi connectivity index (χ2n) is 3.80. The molecule has 1 aliphatic heterocycles. The van der Waals surface area contributed by atoms with E-state index < -0.39 is 24.0 Å². The zero-order valence-corrected chi connectivity index (χ0v) is 8.25. The molecule has 0 spiro atoms. The number of benzene rings is 1. The first kappa shape index (κ1) is 11.2. The summed E-state index contributed by atoms with van der Waals surface area (Å²) in [6.07, 6.45) is -4.97. The summed E-state index contributed by atoms with van der Waals surface area (Å²) in [5.74, 6) is 0. The number of rotatable bonds is 0. The maximum atomic E-state index is 12.5. The highest BCUT2D eigenvalue weighted by molar-refractivity contribution is 5.56. The minimum atomic E-state index is -4.37. The highest BCUT2D eigenvalue weighted by Crippen LogP contribution is 2.36. The minimum absolute atomic E-state index is 0.203. The predicted molar refractivity (Wildman–Crippen MR) is 52.6 cm³/mol. The summed E-state index contributed by atoms with van der Waals surface area (Å²) in [5.41, 5.74) is 5.81. The second kappa shape index (κ2) is 3.64. The molecule has 1 aromatic rings. The number of alkyl halides is 3. The van der Waals surface area contributed by atoms with Gasteiger partial charge in [-0.1, -0.05) is 0 Å². The number of hydrogen-bond acceptors (Lipinski definition) is 3. The van der Waals surface area contributed by atoms with E-state index in [9.17, 15) is 18.3 Å². The van der Waals surface area contributed by atoms with Crippen LogP contribution in [-0.4, -0.2) is 11.3 Å². The Morgan fingerprint density at radius 3 is 2.69 bits per heavy atom. The molecule has 0 fully saturated rings. The quantitative estimate of drug-likeness (QED) is 0.639. The molecule has 16 heavy (non-hydrogen) atoms. The molecule has 88 valence electrons. The van der Waals surface area contributed by atoms with E-state index in [1.54, 1.807) is 0 Å². The van der Waals surface area contributed by atoms with Crippen molar-refractivity contribution in [2.75, 3.05) is 5.32 Å². The van der Waals surface area contributed by atoms with Crippen LogP contribution < -0.4 is 11.1 Å². The fraction of sp³-hybridized carbons (Fsp3) is 0.400. The third-order valence-corrected chi connectivity index (χ3v) is 2.58. The molecule has 0 radical (unpaired) electrons. The molecule has 0 aliphatic carbocycles. The Morgan fingerprint density at radius 2 is 2.06 bits per heavy atom. The lowest BCUT2D eigenvalue weighted by molar-refractivity contribution is -0.137. The largest absolute Gasteiger partial charge is 0.416 e. The Kier molecular flexibility index (Phi) is 2.55. The third kappa shape index (κ3) is 1.98. The van der Waals surface area contributed by atoms with Gasteiger partial charge in [0.05, 0.1) is 5.56 Å². The van der Waals surface area contributed by atoms with Crippen LogP contribution in [0, 0.1) is 0 Å². The average Bonchev–Trinajstić information content (AvgIpc) is 2.15. The Hall–Kier alpha value is -1.27. The number of fused-ring (bicyclic) bond motifs is 1. The standard InChI is InChI=1S/C10H11F3N2O/c11-10(12,13)5-1-2-8-6(3-5)7(14)4-9(16)15-8/h1-3,7,9,15-16H,4,14H2. The van der Waals surface area contributed by atoms with Gasteiger partial charge in [0.25, 0.3) is 0 Å². The minimum Gasteiger partial charge on any atom is -0.374 e. The maximum absolute atomic E-state index is 12.5. The number of hydrogen-bond donors (Lipinski definition) is 3. The van der Waals surface area contributed by atoms with Crippen LogP contribution in [0.3, 0.4) is 0 Å². The van der Waals surface area contributed by atoms with Crippen molar-refractivity contribution in [2.45, 2.75) is 24.9 Å². The van der Waals surface area contributed by atoms with E-state index in [4.69, 9.17) is 5.73 Å². The lowest BCUT2D eigenvalue weighted by Crippen LogP contribution is -2.31. The molecule has 0 amide bonds. The molecule has 0 saturated heterocycles. The van der Waals surface area contributed by atoms with Crippen molar-refractivity contribution >= 4 is 5.69 Å². The van der Waals surface area contributed by atoms with Gasteiger partial charge in [0.2, 0.25) is 0 Å². The smallest absolute Gasteiger partial charge is 0.374 e. The normalized spacial score (nSPS) is 24.8. The van der Waals surface area contributed by atoms with Gasteiger partial charge in [-0.25, -0.2) is 0 Å². The van der Waals surface area contributed by atoms with Crippen molar-refractivity contribution in [2.24, 2.45) is 5.73 Å². The number of aliphatic hydroxyl groups is 1. The van der Waals surface area contributed by atoms with Gasteiger partial charge < -0.3 is 16.2 Å². The molecule has 3 nitrogen and oxygen atoms in total. The van der Waals surface area contributed by atoms with Crippen molar-refractivity contribution in [3.63, 3.8) is 0 Å². The van der Waals surface area contributed by atoms with Crippen LogP contribution in [0.2, 0.25) is 0 Å². The van der Waals surface area contributed by atoms with Crippen LogP contribution in [0.5, 0.6) is 0 Å². The van der Waals surface area contributed by atoms with Gasteiger partial charge in [0, 0.05) is 18.2 Å². The Bertz CT molecular complexity index is 406. The highest BCUT2D eigenvalue weighted by atomic mass is 19.4. The molecule has 0 saturated carbocycles. The van der Waals surface area contributed by atoms with E-state index in [1.165, 1.54) is 6.07 Å². The van der Waals surface area contributed by atoms with Crippen molar-refractivity contribution in [1.29, 1.82) is 0 Å². The van der Waals surface area contributed by atoms with E-state index in [-0.39, 0.29) is 6.42 Å². The maximum Gasteiger partial charge on any atom is 0.416 e. The fourth-order valence-electron chi connectivity index (χ4n) is 1.78. The second-order valence-corrected chi connectivity index (χ2v) is 3.80. The van der Waals surface area contributed by atoms with Gasteiger partial charge in [0.1, 0.15) is 6.23 Å². The first-order valence-corrected chi connectivity index (χ1v) is 4.79. The molecule has 2 atom stereocenters. The third-order valence-electron chi connectivity index (χ3n) is 2.58. The SMILES string of the molecule is NC1CC(O)Nc2ccc(C(F)(F)F)cc21. The number of nitrogens with one attached hydrogen (secondary N) is 1. The zero-order chi connectivity index (χ0) is 11.9. The van der Waals surface area contributed by atoms with Crippen LogP contribution in [0.1, 0.15) is 23.6 Å². The van der Waals surface area contributed by atoms with E-state index >= 15 is 0 Å². The molecule has 0 aromatic heterocycles. The Labute approximate surface area is 90.1 Å². The van der Waals surface area contributed by atoms with Crippen LogP contribution in [-0.2, 0) is 6.18 Å². The Balaban J connectivity index is 2.42. The van der Waals surface area contributed by atoms with Gasteiger partial charge in [0.15, 0.2) is 0 Å². The van der Waals surface area contributed by atoms with Crippen LogP contribution in [0.15, 0.2) is 18.2 Å². The first-order chi connectivity index (χ1) is 7.38. The molecule has 2 unspecified atom stereocenters. The summed E-state index contributed by atoms with van der Waals surface area (Å²) in [6, 6.07) is 2.71. The summed E-state index contributed by atoms with van der Waals surface area (Å²) in [4.78, 5) is 0. The van der Waals surface area contributed by atoms with Gasteiger partial charge in [-0.15, -0.1) is 0 Å². The van der Waals surface area contributed by atoms with Gasteiger partial charge in [-0.2, -0.15) is 13.2 Å². The molecule has 2 rings (SSSR count). The summed E-state index contributed by atoms with van der Waals surface area (Å²) in [5, 5.41) is 12.0. The highest BCUT2D eigenvalue weighted by Gasteiger charge is 2.32. The lowest BCUT2D eigenvalue weighted by Gasteiger charge is -2.28. The first-order valence-electron chi connectivity index (χ1n) is 4.79. The summed E-state index contributed by atoms with van der Waals surface area (Å²) >= 11 is 0.